The molecule has 0 aliphatic carbocycles. The second kappa shape index (κ2) is 3.86. The van der Waals surface area contributed by atoms with E-state index in [4.69, 9.17) is 0 Å². The minimum atomic E-state index is -4.26. The van der Waals surface area contributed by atoms with Crippen LogP contribution in [0.5, 0.6) is 0 Å². The molecule has 0 radical (unpaired) electrons. The van der Waals surface area contributed by atoms with E-state index in [-0.39, 0.29) is 0 Å². The average molecular weight is 200 g/mol. The zero-order valence-electron chi connectivity index (χ0n) is 8.02. The minimum Gasteiger partial charge on any atom is -0.166 e. The lowest BCUT2D eigenvalue weighted by molar-refractivity contribution is -0.137. The fourth-order valence-corrected chi connectivity index (χ4v) is 1.18. The molecule has 0 unspecified atom stereocenters. The second-order valence-corrected chi connectivity index (χ2v) is 3.07. The smallest absolute Gasteiger partial charge is 0.166 e. The van der Waals surface area contributed by atoms with E-state index in [1.807, 2.05) is 0 Å². The molecule has 0 saturated carbocycles. The first-order valence-corrected chi connectivity index (χ1v) is 4.25. The first-order valence-electron chi connectivity index (χ1n) is 4.25. The van der Waals surface area contributed by atoms with Crippen LogP contribution < -0.4 is 0 Å². The van der Waals surface area contributed by atoms with E-state index in [2.05, 4.69) is 0 Å². The molecule has 14 heavy (non-hydrogen) atoms. The molecule has 1 rings (SSSR count). The predicted octanol–water partition coefficient (Wildman–Crippen LogP) is 4.05. The highest BCUT2D eigenvalue weighted by Crippen LogP contribution is 2.30. The molecule has 0 aliphatic rings. The van der Waals surface area contributed by atoms with Crippen LogP contribution in [0.25, 0.3) is 6.08 Å². The first kappa shape index (κ1) is 10.8. The Morgan fingerprint density at radius 2 is 1.86 bits per heavy atom. The Balaban J connectivity index is 3.19. The van der Waals surface area contributed by atoms with Crippen molar-refractivity contribution >= 4 is 6.08 Å². The van der Waals surface area contributed by atoms with Crippen molar-refractivity contribution in [3.63, 3.8) is 0 Å². The summed E-state index contributed by atoms with van der Waals surface area (Å²) in [6.45, 7) is 3.56. The summed E-state index contributed by atoms with van der Waals surface area (Å²) in [5.41, 5.74) is 0.856. The van der Waals surface area contributed by atoms with Gasteiger partial charge < -0.3 is 0 Å². The molecule has 3 heteroatoms. The lowest BCUT2D eigenvalue weighted by Gasteiger charge is -2.08. The summed E-state index contributed by atoms with van der Waals surface area (Å²) in [5.74, 6) is 0. The molecule has 0 N–H and O–H groups in total. The highest BCUT2D eigenvalue weighted by atomic mass is 19.4. The Hall–Kier alpha value is -1.25. The van der Waals surface area contributed by atoms with Crippen LogP contribution in [0.4, 0.5) is 13.2 Å². The largest absolute Gasteiger partial charge is 0.416 e. The molecule has 0 bridgehead atoms. The molecule has 0 aromatic heterocycles. The Labute approximate surface area is 81.1 Å². The van der Waals surface area contributed by atoms with E-state index in [0.717, 1.165) is 17.7 Å². The molecule has 0 amide bonds. The number of rotatable bonds is 1. The third-order valence-corrected chi connectivity index (χ3v) is 1.95. The number of hydrogen-bond acceptors (Lipinski definition) is 0. The molecule has 0 heterocycles. The number of benzene rings is 1. The molecule has 0 nitrogen and oxygen atoms in total. The number of halogens is 3. The van der Waals surface area contributed by atoms with Crippen molar-refractivity contribution in [2.75, 3.05) is 0 Å². The normalized spacial score (nSPS) is 12.4. The molecule has 0 spiro atoms. The highest BCUT2D eigenvalue weighted by molar-refractivity contribution is 5.54. The molecule has 1 aromatic rings. The number of hydrogen-bond donors (Lipinski definition) is 0. The topological polar surface area (TPSA) is 0 Å². The summed E-state index contributed by atoms with van der Waals surface area (Å²) in [5, 5.41) is 0. The zero-order valence-corrected chi connectivity index (χ0v) is 8.02. The summed E-state index contributed by atoms with van der Waals surface area (Å²) in [6, 6.07) is 3.75. The minimum absolute atomic E-state index is 0.601. The van der Waals surface area contributed by atoms with Crippen LogP contribution in [-0.4, -0.2) is 0 Å². The predicted molar refractivity (Wildman–Crippen MR) is 50.9 cm³/mol. The SMILES string of the molecule is C/C=C\c1cc(C(F)(F)F)ccc1C. The van der Waals surface area contributed by atoms with Gasteiger partial charge in [0.05, 0.1) is 5.56 Å². The Kier molecular flexibility index (Phi) is 2.99. The van der Waals surface area contributed by atoms with Gasteiger partial charge in [0.25, 0.3) is 0 Å². The molecular weight excluding hydrogens is 189 g/mol. The fraction of sp³-hybridized carbons (Fsp3) is 0.273. The van der Waals surface area contributed by atoms with Gasteiger partial charge in [-0.1, -0.05) is 18.2 Å². The van der Waals surface area contributed by atoms with Gasteiger partial charge in [-0.3, -0.25) is 0 Å². The summed E-state index contributed by atoms with van der Waals surface area (Å²) >= 11 is 0. The van der Waals surface area contributed by atoms with Crippen LogP contribution in [0.2, 0.25) is 0 Å². The maximum Gasteiger partial charge on any atom is 0.416 e. The van der Waals surface area contributed by atoms with E-state index in [0.29, 0.717) is 5.56 Å². The van der Waals surface area contributed by atoms with Crippen LogP contribution in [0.1, 0.15) is 23.6 Å². The van der Waals surface area contributed by atoms with E-state index in [1.165, 1.54) is 6.07 Å². The van der Waals surface area contributed by atoms with Crippen molar-refractivity contribution in [2.45, 2.75) is 20.0 Å². The van der Waals surface area contributed by atoms with Gasteiger partial charge in [0, 0.05) is 0 Å². The van der Waals surface area contributed by atoms with Gasteiger partial charge in [0.1, 0.15) is 0 Å². The third-order valence-electron chi connectivity index (χ3n) is 1.95. The van der Waals surface area contributed by atoms with Crippen LogP contribution in [0.3, 0.4) is 0 Å². The van der Waals surface area contributed by atoms with E-state index in [9.17, 15) is 13.2 Å². The lowest BCUT2D eigenvalue weighted by atomic mass is 10.0. The van der Waals surface area contributed by atoms with Gasteiger partial charge in [-0.25, -0.2) is 0 Å². The van der Waals surface area contributed by atoms with Gasteiger partial charge in [-0.15, -0.1) is 0 Å². The van der Waals surface area contributed by atoms with Crippen LogP contribution in [0.15, 0.2) is 24.3 Å². The number of allylic oxidation sites excluding steroid dienone is 1. The molecule has 1 aromatic carbocycles. The number of aryl methyl sites for hydroxylation is 1. The first-order chi connectivity index (χ1) is 6.45. The molecule has 0 saturated heterocycles. The summed E-state index contributed by atoms with van der Waals surface area (Å²) in [7, 11) is 0. The molecule has 76 valence electrons. The Morgan fingerprint density at radius 3 is 2.36 bits per heavy atom. The van der Waals surface area contributed by atoms with Crippen molar-refractivity contribution in [3.05, 3.63) is 41.0 Å². The van der Waals surface area contributed by atoms with Crippen molar-refractivity contribution in [2.24, 2.45) is 0 Å². The van der Waals surface area contributed by atoms with Crippen molar-refractivity contribution < 1.29 is 13.2 Å². The quantitative estimate of drug-likeness (QED) is 0.641. The van der Waals surface area contributed by atoms with Gasteiger partial charge in [-0.05, 0) is 37.1 Å². The van der Waals surface area contributed by atoms with E-state index >= 15 is 0 Å². The molecule has 0 atom stereocenters. The average Bonchev–Trinajstić information content (AvgIpc) is 2.07. The zero-order chi connectivity index (χ0) is 10.8. The molecule has 0 fully saturated rings. The monoisotopic (exact) mass is 200 g/mol. The third kappa shape index (κ3) is 2.37. The van der Waals surface area contributed by atoms with Crippen LogP contribution >= 0.6 is 0 Å². The Morgan fingerprint density at radius 1 is 1.21 bits per heavy atom. The van der Waals surface area contributed by atoms with E-state index in [1.54, 1.807) is 26.0 Å². The highest BCUT2D eigenvalue weighted by Gasteiger charge is 2.30. The Bertz CT molecular complexity index is 348. The fourth-order valence-electron chi connectivity index (χ4n) is 1.18. The van der Waals surface area contributed by atoms with E-state index < -0.39 is 11.7 Å². The van der Waals surface area contributed by atoms with Crippen molar-refractivity contribution in [1.82, 2.24) is 0 Å². The molecular formula is C11H11F3. The van der Waals surface area contributed by atoms with Crippen LogP contribution in [0, 0.1) is 6.92 Å². The van der Waals surface area contributed by atoms with Gasteiger partial charge >= 0.3 is 6.18 Å². The summed E-state index contributed by atoms with van der Waals surface area (Å²) in [6.07, 6.45) is -0.864. The standard InChI is InChI=1S/C11H11F3/c1-3-4-9-7-10(11(12,13)14)6-5-8(9)2/h3-7H,1-2H3/b4-3-. The number of alkyl halides is 3. The van der Waals surface area contributed by atoms with Crippen molar-refractivity contribution in [1.29, 1.82) is 0 Å². The van der Waals surface area contributed by atoms with Crippen molar-refractivity contribution in [3.8, 4) is 0 Å². The van der Waals surface area contributed by atoms with Gasteiger partial charge in [0.15, 0.2) is 0 Å². The van der Waals surface area contributed by atoms with Crippen LogP contribution in [-0.2, 0) is 6.18 Å². The van der Waals surface area contributed by atoms with Gasteiger partial charge in [0.2, 0.25) is 0 Å². The van der Waals surface area contributed by atoms with Gasteiger partial charge in [-0.2, -0.15) is 13.2 Å². The summed E-state index contributed by atoms with van der Waals surface area (Å²) in [4.78, 5) is 0. The lowest BCUT2D eigenvalue weighted by Crippen LogP contribution is -2.05. The molecule has 0 aliphatic heterocycles. The maximum absolute atomic E-state index is 12.3. The second-order valence-electron chi connectivity index (χ2n) is 3.07. The maximum atomic E-state index is 12.3. The summed E-state index contributed by atoms with van der Waals surface area (Å²) < 4.78 is 36.9.